The second-order valence-electron chi connectivity index (χ2n) is 5.65. The van der Waals surface area contributed by atoms with Crippen LogP contribution in [-0.2, 0) is 16.1 Å². The van der Waals surface area contributed by atoms with Crippen LogP contribution in [-0.4, -0.2) is 36.9 Å². The minimum absolute atomic E-state index is 0.0663. The first-order chi connectivity index (χ1) is 14.1. The van der Waals surface area contributed by atoms with E-state index in [2.05, 4.69) is 14.8 Å². The molecular weight excluding hydrogens is 413 g/mol. The van der Waals surface area contributed by atoms with Crippen LogP contribution >= 0.6 is 0 Å². The zero-order chi connectivity index (χ0) is 22.3. The molecule has 1 N–H and O–H groups in total. The van der Waals surface area contributed by atoms with E-state index in [4.69, 9.17) is 4.74 Å². The number of carbonyl (C=O) groups excluding carboxylic acids is 2. The molecule has 0 unspecified atom stereocenters. The summed E-state index contributed by atoms with van der Waals surface area (Å²) in [4.78, 5) is 33.8. The number of nitrogens with zero attached hydrogens (tertiary/aromatic N) is 1. The lowest BCUT2D eigenvalue weighted by molar-refractivity contribution is -0.385. The number of carbonyl (C=O) groups is 2. The Hall–Kier alpha value is -3.83. The van der Waals surface area contributed by atoms with Gasteiger partial charge in [-0.1, -0.05) is 18.2 Å². The quantitative estimate of drug-likeness (QED) is 0.390. The number of hydrogen-bond acceptors (Lipinski definition) is 7. The molecule has 0 aromatic heterocycles. The van der Waals surface area contributed by atoms with Gasteiger partial charge in [-0.05, 0) is 18.2 Å². The molecule has 2 aromatic carbocycles. The Morgan fingerprint density at radius 1 is 1.13 bits per heavy atom. The van der Waals surface area contributed by atoms with Gasteiger partial charge in [0.15, 0.2) is 12.4 Å². The Kier molecular flexibility index (Phi) is 7.17. The number of amides is 1. The zero-order valence-electron chi connectivity index (χ0n) is 15.4. The van der Waals surface area contributed by atoms with Crippen molar-refractivity contribution >= 4 is 17.6 Å². The van der Waals surface area contributed by atoms with E-state index in [1.807, 2.05) is 0 Å². The highest BCUT2D eigenvalue weighted by Crippen LogP contribution is 2.28. The monoisotopic (exact) mass is 428 g/mol. The first kappa shape index (κ1) is 22.5. The lowest BCUT2D eigenvalue weighted by Crippen LogP contribution is -2.29. The second kappa shape index (κ2) is 9.58. The third-order valence-electron chi connectivity index (χ3n) is 3.61. The van der Waals surface area contributed by atoms with Crippen LogP contribution in [0.5, 0.6) is 11.5 Å². The lowest BCUT2D eigenvalue weighted by atomic mass is 10.2. The minimum Gasteiger partial charge on any atom is -0.477 e. The van der Waals surface area contributed by atoms with Gasteiger partial charge in [0.05, 0.1) is 17.6 Å². The van der Waals surface area contributed by atoms with E-state index in [1.165, 1.54) is 24.3 Å². The van der Waals surface area contributed by atoms with Crippen molar-refractivity contribution in [2.75, 3.05) is 13.7 Å². The maximum absolute atomic E-state index is 12.4. The molecule has 9 nitrogen and oxygen atoms in total. The molecule has 0 saturated carbocycles. The highest BCUT2D eigenvalue weighted by molar-refractivity contribution is 5.90. The maximum Gasteiger partial charge on any atom is 0.573 e. The molecule has 2 aromatic rings. The normalized spacial score (nSPS) is 10.8. The third-order valence-corrected chi connectivity index (χ3v) is 3.61. The van der Waals surface area contributed by atoms with Crippen molar-refractivity contribution in [3.63, 3.8) is 0 Å². The molecule has 0 spiro atoms. The topological polar surface area (TPSA) is 117 Å². The number of nitrogens with one attached hydrogen (secondary N) is 1. The van der Waals surface area contributed by atoms with Crippen molar-refractivity contribution in [2.24, 2.45) is 0 Å². The third kappa shape index (κ3) is 6.36. The van der Waals surface area contributed by atoms with E-state index in [1.54, 1.807) is 0 Å². The number of alkyl halides is 3. The van der Waals surface area contributed by atoms with Crippen LogP contribution in [0.4, 0.5) is 18.9 Å². The molecule has 0 saturated heterocycles. The molecule has 0 aliphatic rings. The summed E-state index contributed by atoms with van der Waals surface area (Å²) in [6, 6.07) is 8.51. The van der Waals surface area contributed by atoms with Gasteiger partial charge in [0.1, 0.15) is 5.75 Å². The molecule has 0 aliphatic carbocycles. The second-order valence-corrected chi connectivity index (χ2v) is 5.65. The van der Waals surface area contributed by atoms with Gasteiger partial charge in [-0.3, -0.25) is 14.9 Å². The van der Waals surface area contributed by atoms with Crippen molar-refractivity contribution < 1.29 is 41.9 Å². The summed E-state index contributed by atoms with van der Waals surface area (Å²) in [5, 5.41) is 13.5. The Balaban J connectivity index is 2.01. The predicted octanol–water partition coefficient (Wildman–Crippen LogP) is 2.98. The lowest BCUT2D eigenvalue weighted by Gasteiger charge is -2.14. The smallest absolute Gasteiger partial charge is 0.477 e. The van der Waals surface area contributed by atoms with Gasteiger partial charge < -0.3 is 19.5 Å². The molecule has 0 aliphatic heterocycles. The summed E-state index contributed by atoms with van der Waals surface area (Å²) < 4.78 is 50.7. The fourth-order valence-electron chi connectivity index (χ4n) is 2.29. The number of methoxy groups -OCH3 is 1. The van der Waals surface area contributed by atoms with Crippen molar-refractivity contribution in [1.29, 1.82) is 0 Å². The van der Waals surface area contributed by atoms with Crippen LogP contribution in [0.1, 0.15) is 15.9 Å². The van der Waals surface area contributed by atoms with Crippen LogP contribution in [0.2, 0.25) is 0 Å². The molecule has 0 heterocycles. The van der Waals surface area contributed by atoms with E-state index >= 15 is 0 Å². The van der Waals surface area contributed by atoms with Gasteiger partial charge in [-0.25, -0.2) is 4.79 Å². The summed E-state index contributed by atoms with van der Waals surface area (Å²) in [5.41, 5.74) is -0.575. The number of rotatable bonds is 8. The Bertz CT molecular complexity index is 948. The Labute approximate surface area is 167 Å². The maximum atomic E-state index is 12.4. The molecule has 0 radical (unpaired) electrons. The van der Waals surface area contributed by atoms with Crippen LogP contribution < -0.4 is 14.8 Å². The Morgan fingerprint density at radius 2 is 1.83 bits per heavy atom. The number of para-hydroxylation sites is 1. The molecular formula is C18H15F3N2O7. The van der Waals surface area contributed by atoms with Crippen LogP contribution in [0.15, 0.2) is 42.5 Å². The summed E-state index contributed by atoms with van der Waals surface area (Å²) in [6.45, 7) is -0.946. The highest BCUT2D eigenvalue weighted by Gasteiger charge is 2.32. The van der Waals surface area contributed by atoms with Crippen molar-refractivity contribution in [3.05, 3.63) is 63.7 Å². The van der Waals surface area contributed by atoms with E-state index < -0.39 is 41.2 Å². The number of ether oxygens (including phenoxy) is 3. The SMILES string of the molecule is COC(=O)c1ccc(OCC(=O)NCc2ccccc2OC(F)(F)F)c([N+](=O)[O-])c1. The summed E-state index contributed by atoms with van der Waals surface area (Å²) >= 11 is 0. The van der Waals surface area contributed by atoms with E-state index in [0.717, 1.165) is 25.3 Å². The molecule has 30 heavy (non-hydrogen) atoms. The summed E-state index contributed by atoms with van der Waals surface area (Å²) in [6.07, 6.45) is -4.89. The Morgan fingerprint density at radius 3 is 2.47 bits per heavy atom. The van der Waals surface area contributed by atoms with Gasteiger partial charge >= 0.3 is 18.0 Å². The first-order valence-electron chi connectivity index (χ1n) is 8.20. The van der Waals surface area contributed by atoms with Gasteiger partial charge in [0, 0.05) is 18.2 Å². The molecule has 12 heteroatoms. The predicted molar refractivity (Wildman–Crippen MR) is 94.9 cm³/mol. The van der Waals surface area contributed by atoms with E-state index in [-0.39, 0.29) is 23.4 Å². The molecule has 0 atom stereocenters. The van der Waals surface area contributed by atoms with Gasteiger partial charge in [-0.2, -0.15) is 0 Å². The molecule has 0 fully saturated rings. The number of nitro groups is 1. The van der Waals surface area contributed by atoms with Crippen LogP contribution in [0.3, 0.4) is 0 Å². The molecule has 1 amide bonds. The van der Waals surface area contributed by atoms with Gasteiger partial charge in [0.2, 0.25) is 0 Å². The largest absolute Gasteiger partial charge is 0.573 e. The number of benzene rings is 2. The highest BCUT2D eigenvalue weighted by atomic mass is 19.4. The van der Waals surface area contributed by atoms with E-state index in [9.17, 15) is 32.9 Å². The van der Waals surface area contributed by atoms with Gasteiger partial charge in [-0.15, -0.1) is 13.2 Å². The number of esters is 1. The van der Waals surface area contributed by atoms with Gasteiger partial charge in [0.25, 0.3) is 5.91 Å². The summed E-state index contributed by atoms with van der Waals surface area (Å²) in [5.74, 6) is -2.28. The van der Waals surface area contributed by atoms with Crippen LogP contribution in [0.25, 0.3) is 0 Å². The zero-order valence-corrected chi connectivity index (χ0v) is 15.4. The summed E-state index contributed by atoms with van der Waals surface area (Å²) in [7, 11) is 1.11. The molecule has 0 bridgehead atoms. The first-order valence-corrected chi connectivity index (χ1v) is 8.20. The average Bonchev–Trinajstić information content (AvgIpc) is 2.69. The number of nitro benzene ring substituents is 1. The van der Waals surface area contributed by atoms with E-state index in [0.29, 0.717) is 0 Å². The number of hydrogen-bond donors (Lipinski definition) is 1. The van der Waals surface area contributed by atoms with Crippen LogP contribution in [0, 0.1) is 10.1 Å². The van der Waals surface area contributed by atoms with Crippen molar-refractivity contribution in [3.8, 4) is 11.5 Å². The molecule has 2 rings (SSSR count). The van der Waals surface area contributed by atoms with Crippen molar-refractivity contribution in [2.45, 2.75) is 12.9 Å². The average molecular weight is 428 g/mol. The fraction of sp³-hybridized carbons (Fsp3) is 0.222. The molecule has 160 valence electrons. The fourth-order valence-corrected chi connectivity index (χ4v) is 2.29. The minimum atomic E-state index is -4.89. The standard InChI is InChI=1S/C18H15F3N2O7/c1-28-17(25)11-6-7-15(13(8-11)23(26)27)29-10-16(24)22-9-12-4-2-3-5-14(12)30-18(19,20)21/h2-8H,9-10H2,1H3,(H,22,24). The van der Waals surface area contributed by atoms with Crippen molar-refractivity contribution in [1.82, 2.24) is 5.32 Å². The number of halogens is 3.